The fraction of sp³-hybridized carbons (Fsp3) is 0.480. The number of rotatable bonds is 14. The Bertz CT molecular complexity index is 1140. The second-order valence-corrected chi connectivity index (χ2v) is 9.46. The quantitative estimate of drug-likeness (QED) is 0.0919. The predicted octanol–water partition coefficient (Wildman–Crippen LogP) is -0.437. The summed E-state index contributed by atoms with van der Waals surface area (Å²) in [5, 5.41) is 11.6. The number of primary amides is 2. The molecule has 0 aliphatic carbocycles. The van der Waals surface area contributed by atoms with Gasteiger partial charge in [0.2, 0.25) is 17.7 Å². The molecule has 0 aliphatic heterocycles. The first kappa shape index (κ1) is 29.9. The number of nitrogens with zero attached hydrogens (tertiary/aromatic N) is 1. The van der Waals surface area contributed by atoms with Gasteiger partial charge in [0.05, 0.1) is 0 Å². The lowest BCUT2D eigenvalue weighted by Crippen LogP contribution is -2.57. The van der Waals surface area contributed by atoms with Crippen molar-refractivity contribution in [2.45, 2.75) is 57.7 Å². The number of amides is 5. The molecule has 11 N–H and O–H groups in total. The molecular formula is C25H39N9O4. The molecule has 3 atom stereocenters. The van der Waals surface area contributed by atoms with Gasteiger partial charge >= 0.3 is 6.03 Å². The second kappa shape index (κ2) is 14.4. The molecular weight excluding hydrogens is 490 g/mol. The summed E-state index contributed by atoms with van der Waals surface area (Å²) in [6.07, 6.45) is 2.90. The Morgan fingerprint density at radius 2 is 1.61 bits per heavy atom. The van der Waals surface area contributed by atoms with E-state index in [0.717, 1.165) is 16.5 Å². The van der Waals surface area contributed by atoms with Crippen LogP contribution in [0.4, 0.5) is 4.79 Å². The molecule has 208 valence electrons. The number of aromatic nitrogens is 1. The highest BCUT2D eigenvalue weighted by Gasteiger charge is 2.29. The molecule has 38 heavy (non-hydrogen) atoms. The molecule has 0 fully saturated rings. The summed E-state index contributed by atoms with van der Waals surface area (Å²) in [7, 11) is 1.54. The summed E-state index contributed by atoms with van der Waals surface area (Å²) in [6, 6.07) is 3.76. The monoisotopic (exact) mass is 529 g/mol. The minimum atomic E-state index is -1.02. The molecule has 0 radical (unpaired) electrons. The number of guanidine groups is 1. The maximum Gasteiger partial charge on any atom is 0.312 e. The molecule has 1 aromatic carbocycles. The van der Waals surface area contributed by atoms with Gasteiger partial charge in [-0.1, -0.05) is 32.0 Å². The van der Waals surface area contributed by atoms with Crippen molar-refractivity contribution < 1.29 is 19.2 Å². The number of para-hydroxylation sites is 1. The number of H-pyrrole nitrogens is 1. The molecule has 0 bridgehead atoms. The van der Waals surface area contributed by atoms with Crippen molar-refractivity contribution in [1.82, 2.24) is 26.3 Å². The maximum atomic E-state index is 13.3. The first-order valence-corrected chi connectivity index (χ1v) is 12.5. The second-order valence-electron chi connectivity index (χ2n) is 9.46. The molecule has 1 heterocycles. The minimum Gasteiger partial charge on any atom is -0.370 e. The summed E-state index contributed by atoms with van der Waals surface area (Å²) < 4.78 is 0. The molecule has 13 heteroatoms. The van der Waals surface area contributed by atoms with Crippen LogP contribution in [0.2, 0.25) is 0 Å². The van der Waals surface area contributed by atoms with Crippen molar-refractivity contribution in [1.29, 1.82) is 0 Å². The largest absolute Gasteiger partial charge is 0.370 e. The zero-order chi connectivity index (χ0) is 28.2. The SMILES string of the molecule is CN=C(N)NCCC[C@H](NC(=O)[C@H](CC(C)C)NC(N)=O)C(=O)N[C@@H](Cc1c[nH]c2ccccc12)C(N)=O. The van der Waals surface area contributed by atoms with Crippen molar-refractivity contribution in [2.24, 2.45) is 28.1 Å². The third-order valence-corrected chi connectivity index (χ3v) is 5.95. The van der Waals surface area contributed by atoms with E-state index in [1.54, 1.807) is 6.20 Å². The fourth-order valence-corrected chi connectivity index (χ4v) is 4.03. The first-order chi connectivity index (χ1) is 18.0. The average molecular weight is 530 g/mol. The highest BCUT2D eigenvalue weighted by Crippen LogP contribution is 2.19. The Hall–Kier alpha value is -4.29. The van der Waals surface area contributed by atoms with Crippen LogP contribution < -0.4 is 38.5 Å². The number of carbonyl (C=O) groups excluding carboxylic acids is 4. The van der Waals surface area contributed by atoms with E-state index in [0.29, 0.717) is 19.4 Å². The van der Waals surface area contributed by atoms with Gasteiger partial charge in [0.15, 0.2) is 5.96 Å². The number of hydrogen-bond donors (Lipinski definition) is 8. The van der Waals surface area contributed by atoms with Gasteiger partial charge in [0.1, 0.15) is 18.1 Å². The zero-order valence-electron chi connectivity index (χ0n) is 22.0. The van der Waals surface area contributed by atoms with Crippen molar-refractivity contribution >= 4 is 40.6 Å². The van der Waals surface area contributed by atoms with Gasteiger partial charge in [-0.15, -0.1) is 0 Å². The van der Waals surface area contributed by atoms with E-state index >= 15 is 0 Å². The van der Waals surface area contributed by atoms with E-state index in [9.17, 15) is 19.2 Å². The van der Waals surface area contributed by atoms with Crippen LogP contribution in [0, 0.1) is 5.92 Å². The molecule has 0 unspecified atom stereocenters. The van der Waals surface area contributed by atoms with Crippen molar-refractivity contribution in [3.63, 3.8) is 0 Å². The number of carbonyl (C=O) groups is 4. The van der Waals surface area contributed by atoms with E-state index in [-0.39, 0.29) is 24.7 Å². The third-order valence-electron chi connectivity index (χ3n) is 5.95. The number of benzene rings is 1. The maximum absolute atomic E-state index is 13.3. The fourth-order valence-electron chi connectivity index (χ4n) is 4.03. The van der Waals surface area contributed by atoms with Crippen molar-refractivity contribution in [2.75, 3.05) is 13.6 Å². The Balaban J connectivity index is 2.18. The van der Waals surface area contributed by atoms with E-state index in [1.807, 2.05) is 38.1 Å². The molecule has 2 rings (SSSR count). The van der Waals surface area contributed by atoms with Gasteiger partial charge in [-0.25, -0.2) is 4.79 Å². The number of aromatic amines is 1. The van der Waals surface area contributed by atoms with Gasteiger partial charge in [-0.2, -0.15) is 0 Å². The number of aliphatic imine (C=N–C) groups is 1. The lowest BCUT2D eigenvalue weighted by molar-refractivity contribution is -0.132. The van der Waals surface area contributed by atoms with Gasteiger partial charge in [0.25, 0.3) is 0 Å². The summed E-state index contributed by atoms with van der Waals surface area (Å²) in [6.45, 7) is 4.17. The van der Waals surface area contributed by atoms with E-state index in [4.69, 9.17) is 17.2 Å². The third kappa shape index (κ3) is 9.30. The van der Waals surface area contributed by atoms with Gasteiger partial charge in [-0.3, -0.25) is 19.4 Å². The number of fused-ring (bicyclic) bond motifs is 1. The van der Waals surface area contributed by atoms with Gasteiger partial charge in [-0.05, 0) is 36.8 Å². The highest BCUT2D eigenvalue weighted by molar-refractivity contribution is 5.94. The zero-order valence-corrected chi connectivity index (χ0v) is 22.0. The summed E-state index contributed by atoms with van der Waals surface area (Å²) in [5.41, 5.74) is 18.2. The predicted molar refractivity (Wildman–Crippen MR) is 146 cm³/mol. The molecule has 0 saturated heterocycles. The Labute approximate surface area is 221 Å². The molecule has 0 saturated carbocycles. The Morgan fingerprint density at radius 3 is 2.24 bits per heavy atom. The van der Waals surface area contributed by atoms with Gasteiger partial charge in [0, 0.05) is 37.1 Å². The Morgan fingerprint density at radius 1 is 0.947 bits per heavy atom. The van der Waals surface area contributed by atoms with Crippen LogP contribution in [0.3, 0.4) is 0 Å². The van der Waals surface area contributed by atoms with E-state index < -0.39 is 41.9 Å². The average Bonchev–Trinajstić information content (AvgIpc) is 3.26. The van der Waals surface area contributed by atoms with Gasteiger partial charge < -0.3 is 43.5 Å². The van der Waals surface area contributed by atoms with E-state index in [1.165, 1.54) is 7.05 Å². The summed E-state index contributed by atoms with van der Waals surface area (Å²) >= 11 is 0. The minimum absolute atomic E-state index is 0.0702. The van der Waals surface area contributed by atoms with Crippen molar-refractivity contribution in [3.05, 3.63) is 36.0 Å². The number of urea groups is 1. The highest BCUT2D eigenvalue weighted by atomic mass is 16.2. The Kier molecular flexibility index (Phi) is 11.4. The number of nitrogens with two attached hydrogens (primary N) is 3. The molecule has 1 aromatic heterocycles. The first-order valence-electron chi connectivity index (χ1n) is 12.5. The molecule has 0 aliphatic rings. The molecule has 2 aromatic rings. The van der Waals surface area contributed by atoms with Crippen LogP contribution in [0.1, 0.15) is 38.7 Å². The molecule has 13 nitrogen and oxygen atoms in total. The van der Waals surface area contributed by atoms with Crippen LogP contribution in [0.15, 0.2) is 35.5 Å². The normalized spacial score (nSPS) is 13.9. The summed E-state index contributed by atoms with van der Waals surface area (Å²) in [5.74, 6) is -1.55. The van der Waals surface area contributed by atoms with Crippen LogP contribution in [-0.2, 0) is 20.8 Å². The topological polar surface area (TPSA) is 223 Å². The van der Waals surface area contributed by atoms with E-state index in [2.05, 4.69) is 31.2 Å². The number of hydrogen-bond acceptors (Lipinski definition) is 5. The van der Waals surface area contributed by atoms with Crippen molar-refractivity contribution in [3.8, 4) is 0 Å². The van der Waals surface area contributed by atoms with Crippen LogP contribution in [-0.4, -0.2) is 66.4 Å². The van der Waals surface area contributed by atoms with Crippen LogP contribution >= 0.6 is 0 Å². The molecule has 0 spiro atoms. The smallest absolute Gasteiger partial charge is 0.312 e. The lowest BCUT2D eigenvalue weighted by Gasteiger charge is -2.25. The number of nitrogens with one attached hydrogen (secondary N) is 5. The lowest BCUT2D eigenvalue weighted by atomic mass is 10.0. The standard InChI is InChI=1S/C25H39N9O4/c1-14(2)11-20(34-25(28)38)23(37)32-18(9-6-10-30-24(27)29-3)22(36)33-19(21(26)35)12-15-13-31-17-8-5-4-7-16(15)17/h4-5,7-8,13-14,18-20,31H,6,9-12H2,1-3H3,(H2,26,35)(H,32,37)(H,33,36)(H3,27,29,30)(H3,28,34,38)/t18-,19-,20-/m0/s1. The van der Waals surface area contributed by atoms with Crippen LogP contribution in [0.5, 0.6) is 0 Å². The summed E-state index contributed by atoms with van der Waals surface area (Å²) in [4.78, 5) is 57.0. The van der Waals surface area contributed by atoms with Crippen LogP contribution in [0.25, 0.3) is 10.9 Å². The molecule has 5 amide bonds.